The van der Waals surface area contributed by atoms with Gasteiger partial charge in [0.25, 0.3) is 0 Å². The lowest BCUT2D eigenvalue weighted by molar-refractivity contribution is 1.25. The molecule has 0 aliphatic carbocycles. The lowest BCUT2D eigenvalue weighted by atomic mass is 9.99. The number of nitrogens with zero attached hydrogens (tertiary/aromatic N) is 2. The molecular weight excluding hydrogens is 340 g/mol. The Labute approximate surface area is 167 Å². The van der Waals surface area contributed by atoms with Gasteiger partial charge in [0, 0.05) is 12.4 Å². The van der Waals surface area contributed by atoms with Crippen LogP contribution >= 0.6 is 0 Å². The number of aryl methyl sites for hydroxylation is 4. The maximum Gasteiger partial charge on any atom is 0.0892 e. The van der Waals surface area contributed by atoms with Crippen LogP contribution in [-0.4, -0.2) is 9.97 Å². The predicted molar refractivity (Wildman–Crippen MR) is 117 cm³/mol. The van der Waals surface area contributed by atoms with E-state index in [-0.39, 0.29) is 0 Å². The van der Waals surface area contributed by atoms with Crippen LogP contribution in [0.1, 0.15) is 22.3 Å². The number of aromatic nitrogens is 2. The monoisotopic (exact) mass is 364 g/mol. The van der Waals surface area contributed by atoms with E-state index < -0.39 is 0 Å². The van der Waals surface area contributed by atoms with Crippen LogP contribution in [0.2, 0.25) is 0 Å². The van der Waals surface area contributed by atoms with Crippen molar-refractivity contribution in [1.29, 1.82) is 0 Å². The molecule has 0 bridgehead atoms. The summed E-state index contributed by atoms with van der Waals surface area (Å²) < 4.78 is 0. The maximum atomic E-state index is 4.59. The fourth-order valence-corrected chi connectivity index (χ4v) is 3.78. The molecule has 2 heteroatoms. The lowest BCUT2D eigenvalue weighted by Gasteiger charge is -2.09. The Morgan fingerprint density at radius 3 is 1.14 bits per heavy atom. The molecule has 0 radical (unpaired) electrons. The van der Waals surface area contributed by atoms with Crippen molar-refractivity contribution in [3.8, 4) is 33.6 Å². The summed E-state index contributed by atoms with van der Waals surface area (Å²) in [6, 6.07) is 21.6. The third-order valence-corrected chi connectivity index (χ3v) is 4.89. The topological polar surface area (TPSA) is 25.8 Å². The van der Waals surface area contributed by atoms with Crippen LogP contribution in [0.25, 0.3) is 33.6 Å². The molecule has 0 unspecified atom stereocenters. The molecule has 2 aromatic carbocycles. The molecule has 0 atom stereocenters. The number of benzene rings is 2. The first kappa shape index (κ1) is 18.1. The number of hydrogen-bond acceptors (Lipinski definition) is 2. The van der Waals surface area contributed by atoms with Gasteiger partial charge in [-0.15, -0.1) is 0 Å². The first-order valence-electron chi connectivity index (χ1n) is 9.58. The Morgan fingerprint density at radius 1 is 0.429 bits per heavy atom. The van der Waals surface area contributed by atoms with Crippen LogP contribution in [0.3, 0.4) is 0 Å². The van der Waals surface area contributed by atoms with Crippen molar-refractivity contribution in [3.05, 3.63) is 95.3 Å². The van der Waals surface area contributed by atoms with Crippen LogP contribution in [0.15, 0.2) is 73.1 Å². The second kappa shape index (κ2) is 7.40. The standard InChI is InChI=1S/C26H24N2/c1-17-9-18(2)12-23(11-17)21-5-7-27-25(15-21)26-16-22(6-8-28-26)24-13-19(3)10-20(4)14-24/h5-16H,1-4H3. The van der Waals surface area contributed by atoms with Gasteiger partial charge < -0.3 is 0 Å². The number of pyridine rings is 2. The molecule has 0 aliphatic heterocycles. The fraction of sp³-hybridized carbons (Fsp3) is 0.154. The SMILES string of the molecule is Cc1cc(C)cc(-c2ccnc(-c3cc(-c4cc(C)cc(C)c4)ccn3)c2)c1. The minimum absolute atomic E-state index is 0.892. The normalized spacial score (nSPS) is 10.9. The summed E-state index contributed by atoms with van der Waals surface area (Å²) in [5.41, 5.74) is 11.6. The molecule has 0 fully saturated rings. The average Bonchev–Trinajstić information content (AvgIpc) is 2.67. The molecule has 0 saturated heterocycles. The third-order valence-electron chi connectivity index (χ3n) is 4.89. The van der Waals surface area contributed by atoms with Crippen LogP contribution < -0.4 is 0 Å². The molecule has 0 N–H and O–H groups in total. The summed E-state index contributed by atoms with van der Waals surface area (Å²) in [5.74, 6) is 0. The van der Waals surface area contributed by atoms with Crippen molar-refractivity contribution in [2.24, 2.45) is 0 Å². The van der Waals surface area contributed by atoms with Crippen LogP contribution in [0.4, 0.5) is 0 Å². The molecule has 0 amide bonds. The van der Waals surface area contributed by atoms with E-state index in [0.717, 1.165) is 22.5 Å². The summed E-state index contributed by atoms with van der Waals surface area (Å²) >= 11 is 0. The number of rotatable bonds is 3. The first-order chi connectivity index (χ1) is 13.5. The number of hydrogen-bond donors (Lipinski definition) is 0. The maximum absolute atomic E-state index is 4.59. The minimum atomic E-state index is 0.892. The molecule has 28 heavy (non-hydrogen) atoms. The molecule has 2 nitrogen and oxygen atoms in total. The van der Waals surface area contributed by atoms with Crippen LogP contribution in [0.5, 0.6) is 0 Å². The van der Waals surface area contributed by atoms with E-state index >= 15 is 0 Å². The smallest absolute Gasteiger partial charge is 0.0892 e. The molecule has 4 aromatic rings. The Hall–Kier alpha value is -3.26. The van der Waals surface area contributed by atoms with Crippen molar-refractivity contribution in [2.45, 2.75) is 27.7 Å². The molecule has 0 aliphatic rings. The molecule has 2 aromatic heterocycles. The summed E-state index contributed by atoms with van der Waals surface area (Å²) in [4.78, 5) is 9.17. The van der Waals surface area contributed by atoms with Gasteiger partial charge in [-0.2, -0.15) is 0 Å². The second-order valence-corrected chi connectivity index (χ2v) is 7.61. The Kier molecular flexibility index (Phi) is 4.79. The zero-order chi connectivity index (χ0) is 19.7. The van der Waals surface area contributed by atoms with E-state index in [9.17, 15) is 0 Å². The molecular formula is C26H24N2. The van der Waals surface area contributed by atoms with Gasteiger partial charge in [0.05, 0.1) is 11.4 Å². The molecule has 0 spiro atoms. The van der Waals surface area contributed by atoms with E-state index in [4.69, 9.17) is 0 Å². The van der Waals surface area contributed by atoms with Crippen molar-refractivity contribution in [3.63, 3.8) is 0 Å². The van der Waals surface area contributed by atoms with Crippen LogP contribution in [-0.2, 0) is 0 Å². The highest BCUT2D eigenvalue weighted by Crippen LogP contribution is 2.28. The highest BCUT2D eigenvalue weighted by atomic mass is 14.8. The lowest BCUT2D eigenvalue weighted by Crippen LogP contribution is -1.91. The van der Waals surface area contributed by atoms with E-state index in [1.54, 1.807) is 0 Å². The van der Waals surface area contributed by atoms with Crippen molar-refractivity contribution in [2.75, 3.05) is 0 Å². The van der Waals surface area contributed by atoms with Gasteiger partial charge in [0.1, 0.15) is 0 Å². The summed E-state index contributed by atoms with van der Waals surface area (Å²) in [7, 11) is 0. The highest BCUT2D eigenvalue weighted by molar-refractivity contribution is 5.73. The molecule has 4 rings (SSSR count). The van der Waals surface area contributed by atoms with Crippen LogP contribution in [0, 0.1) is 27.7 Å². The van der Waals surface area contributed by atoms with E-state index in [1.165, 1.54) is 33.4 Å². The van der Waals surface area contributed by atoms with Gasteiger partial charge in [-0.05, 0) is 74.2 Å². The van der Waals surface area contributed by atoms with Gasteiger partial charge in [-0.3, -0.25) is 9.97 Å². The zero-order valence-corrected chi connectivity index (χ0v) is 16.8. The summed E-state index contributed by atoms with van der Waals surface area (Å²) in [6.45, 7) is 8.53. The fourth-order valence-electron chi connectivity index (χ4n) is 3.78. The zero-order valence-electron chi connectivity index (χ0n) is 16.8. The molecule has 2 heterocycles. The van der Waals surface area contributed by atoms with E-state index in [2.05, 4.69) is 98.3 Å². The van der Waals surface area contributed by atoms with E-state index in [1.807, 2.05) is 12.4 Å². The first-order valence-corrected chi connectivity index (χ1v) is 9.58. The summed E-state index contributed by atoms with van der Waals surface area (Å²) in [5, 5.41) is 0. The van der Waals surface area contributed by atoms with Crippen molar-refractivity contribution in [1.82, 2.24) is 9.97 Å². The van der Waals surface area contributed by atoms with Gasteiger partial charge in [-0.1, -0.05) is 58.7 Å². The third kappa shape index (κ3) is 3.86. The van der Waals surface area contributed by atoms with E-state index in [0.29, 0.717) is 0 Å². The van der Waals surface area contributed by atoms with Gasteiger partial charge in [-0.25, -0.2) is 0 Å². The minimum Gasteiger partial charge on any atom is -0.255 e. The van der Waals surface area contributed by atoms with Gasteiger partial charge >= 0.3 is 0 Å². The van der Waals surface area contributed by atoms with Gasteiger partial charge in [0.15, 0.2) is 0 Å². The van der Waals surface area contributed by atoms with Gasteiger partial charge in [0.2, 0.25) is 0 Å². The predicted octanol–water partition coefficient (Wildman–Crippen LogP) is 6.71. The Balaban J connectivity index is 1.76. The molecule has 0 saturated carbocycles. The highest BCUT2D eigenvalue weighted by Gasteiger charge is 2.08. The quantitative estimate of drug-likeness (QED) is 0.404. The molecule has 138 valence electrons. The Bertz CT molecular complexity index is 1030. The van der Waals surface area contributed by atoms with Crippen molar-refractivity contribution >= 4 is 0 Å². The largest absolute Gasteiger partial charge is 0.255 e. The summed E-state index contributed by atoms with van der Waals surface area (Å²) in [6.07, 6.45) is 3.74. The average molecular weight is 364 g/mol. The second-order valence-electron chi connectivity index (χ2n) is 7.61. The van der Waals surface area contributed by atoms with Crippen molar-refractivity contribution < 1.29 is 0 Å². The Morgan fingerprint density at radius 2 is 0.786 bits per heavy atom.